The van der Waals surface area contributed by atoms with E-state index in [9.17, 15) is 4.39 Å². The monoisotopic (exact) mass is 379 g/mol. The second-order valence-electron chi connectivity index (χ2n) is 6.33. The third-order valence-corrected chi connectivity index (χ3v) is 4.17. The summed E-state index contributed by atoms with van der Waals surface area (Å²) in [6.07, 6.45) is 0.961. The van der Waals surface area contributed by atoms with E-state index >= 15 is 0 Å². The van der Waals surface area contributed by atoms with Gasteiger partial charge in [-0.3, -0.25) is 0 Å². The molecule has 0 aliphatic rings. The molecule has 0 saturated carbocycles. The van der Waals surface area contributed by atoms with Gasteiger partial charge in [-0.15, -0.1) is 0 Å². The number of nitrogens with one attached hydrogen (secondary N) is 2. The Bertz CT molecular complexity index is 895. The van der Waals surface area contributed by atoms with Crippen molar-refractivity contribution in [1.82, 2.24) is 0 Å². The molecular weight excluding hydrogens is 353 g/mol. The van der Waals surface area contributed by atoms with E-state index < -0.39 is 0 Å². The Balaban J connectivity index is 0.00000280. The van der Waals surface area contributed by atoms with Gasteiger partial charge in [0.2, 0.25) is 0 Å². The lowest BCUT2D eigenvalue weighted by atomic mass is 10.0. The van der Waals surface area contributed by atoms with Crippen LogP contribution in [0.4, 0.5) is 15.8 Å². The number of ether oxygens (including phenoxy) is 1. The summed E-state index contributed by atoms with van der Waals surface area (Å²) in [7, 11) is 0. The van der Waals surface area contributed by atoms with Crippen molar-refractivity contribution in [3.8, 4) is 5.75 Å². The minimum absolute atomic E-state index is 0. The summed E-state index contributed by atoms with van der Waals surface area (Å²) in [4.78, 5) is 0. The molecule has 0 fully saturated rings. The molecule has 0 amide bonds. The third kappa shape index (κ3) is 5.18. The maximum absolute atomic E-state index is 13.1. The summed E-state index contributed by atoms with van der Waals surface area (Å²) in [6.45, 7) is 1.90. The first kappa shape index (κ1) is 21.1. The van der Waals surface area contributed by atoms with E-state index in [4.69, 9.17) is 15.9 Å². The van der Waals surface area contributed by atoms with Crippen LogP contribution < -0.4 is 15.8 Å². The molecule has 2 atom stereocenters. The molecule has 4 nitrogen and oxygen atoms in total. The normalized spacial score (nSPS) is 12.4. The van der Waals surface area contributed by atoms with Gasteiger partial charge in [-0.1, -0.05) is 37.8 Å². The maximum Gasteiger partial charge on any atom is 0.138 e. The predicted molar refractivity (Wildman–Crippen MR) is 114 cm³/mol. The van der Waals surface area contributed by atoms with Gasteiger partial charge in [-0.25, -0.2) is 4.39 Å². The number of anilines is 2. The molecule has 3 aromatic rings. The second kappa shape index (κ2) is 9.67. The number of halogens is 1. The van der Waals surface area contributed by atoms with Crippen LogP contribution in [-0.4, -0.2) is 12.3 Å². The molecule has 0 aliphatic carbocycles. The highest BCUT2D eigenvalue weighted by molar-refractivity contribution is 5.88. The fraction of sp³-hybridized carbons (Fsp3) is 0.174. The van der Waals surface area contributed by atoms with Crippen molar-refractivity contribution in [3.05, 3.63) is 89.7 Å². The number of nitrogens with two attached hydrogens (primary N) is 1. The van der Waals surface area contributed by atoms with Crippen LogP contribution in [0.2, 0.25) is 0 Å². The minimum Gasteiger partial charge on any atom is -0.484 e. The first-order chi connectivity index (χ1) is 13.1. The molecule has 0 radical (unpaired) electrons. The summed E-state index contributed by atoms with van der Waals surface area (Å²) in [5.74, 6) is 0.337. The van der Waals surface area contributed by atoms with Crippen LogP contribution in [-0.2, 0) is 0 Å². The van der Waals surface area contributed by atoms with E-state index in [1.54, 1.807) is 18.2 Å². The zero-order chi connectivity index (χ0) is 19.2. The Morgan fingerprint density at radius 3 is 2.32 bits per heavy atom. The van der Waals surface area contributed by atoms with Gasteiger partial charge in [0.15, 0.2) is 0 Å². The Labute approximate surface area is 165 Å². The molecular formula is C23H26FN3O. The van der Waals surface area contributed by atoms with Crippen LogP contribution in [0.25, 0.3) is 0 Å². The first-order valence-electron chi connectivity index (χ1n) is 8.71. The van der Waals surface area contributed by atoms with Crippen LogP contribution in [0.15, 0.2) is 72.8 Å². The van der Waals surface area contributed by atoms with E-state index in [-0.39, 0.29) is 25.4 Å². The Morgan fingerprint density at radius 2 is 1.71 bits per heavy atom. The Kier molecular flexibility index (Phi) is 7.29. The van der Waals surface area contributed by atoms with E-state index in [0.29, 0.717) is 11.3 Å². The SMILES string of the molecule is C.CC(N)[C@H](Oc1ccc(Nc2ccc(F)cc2)c(C=N)c1)c1ccccc1. The van der Waals surface area contributed by atoms with Gasteiger partial charge in [0, 0.05) is 29.2 Å². The van der Waals surface area contributed by atoms with Crippen molar-refractivity contribution in [3.63, 3.8) is 0 Å². The highest BCUT2D eigenvalue weighted by atomic mass is 19.1. The second-order valence-corrected chi connectivity index (χ2v) is 6.33. The average Bonchev–Trinajstić information content (AvgIpc) is 2.69. The minimum atomic E-state index is -0.292. The molecule has 5 heteroatoms. The van der Waals surface area contributed by atoms with Gasteiger partial charge in [-0.2, -0.15) is 0 Å². The van der Waals surface area contributed by atoms with Crippen molar-refractivity contribution in [1.29, 1.82) is 5.41 Å². The zero-order valence-electron chi connectivity index (χ0n) is 15.0. The summed E-state index contributed by atoms with van der Waals surface area (Å²) in [5, 5.41) is 10.9. The maximum atomic E-state index is 13.1. The largest absolute Gasteiger partial charge is 0.484 e. The fourth-order valence-electron chi connectivity index (χ4n) is 2.80. The zero-order valence-corrected chi connectivity index (χ0v) is 15.0. The first-order valence-corrected chi connectivity index (χ1v) is 8.71. The number of hydrogen-bond donors (Lipinski definition) is 3. The molecule has 3 rings (SSSR count). The van der Waals surface area contributed by atoms with E-state index in [2.05, 4.69) is 5.32 Å². The highest BCUT2D eigenvalue weighted by Gasteiger charge is 2.18. The van der Waals surface area contributed by atoms with Crippen molar-refractivity contribution in [2.24, 2.45) is 5.73 Å². The molecule has 0 aromatic heterocycles. The molecule has 0 aliphatic heterocycles. The van der Waals surface area contributed by atoms with Crippen LogP contribution in [0.3, 0.4) is 0 Å². The number of benzene rings is 3. The lowest BCUT2D eigenvalue weighted by molar-refractivity contribution is 0.180. The molecule has 0 spiro atoms. The summed E-state index contributed by atoms with van der Waals surface area (Å²) < 4.78 is 19.2. The molecule has 1 unspecified atom stereocenters. The number of rotatable bonds is 7. The molecule has 0 saturated heterocycles. The molecule has 0 heterocycles. The van der Waals surface area contributed by atoms with Crippen LogP contribution in [0.5, 0.6) is 5.75 Å². The Morgan fingerprint density at radius 1 is 1.04 bits per heavy atom. The average molecular weight is 379 g/mol. The van der Waals surface area contributed by atoms with Crippen LogP contribution in [0.1, 0.15) is 31.6 Å². The molecule has 146 valence electrons. The summed E-state index contributed by atoms with van der Waals surface area (Å²) in [6, 6.07) is 21.1. The summed E-state index contributed by atoms with van der Waals surface area (Å²) >= 11 is 0. The quantitative estimate of drug-likeness (QED) is 0.463. The van der Waals surface area contributed by atoms with Gasteiger partial charge < -0.3 is 21.2 Å². The van der Waals surface area contributed by atoms with Gasteiger partial charge in [0.05, 0.1) is 0 Å². The lowest BCUT2D eigenvalue weighted by Crippen LogP contribution is -2.29. The molecule has 3 aromatic carbocycles. The van der Waals surface area contributed by atoms with Crippen molar-refractivity contribution in [2.75, 3.05) is 5.32 Å². The van der Waals surface area contributed by atoms with Crippen molar-refractivity contribution < 1.29 is 9.13 Å². The van der Waals surface area contributed by atoms with Gasteiger partial charge >= 0.3 is 0 Å². The third-order valence-electron chi connectivity index (χ3n) is 4.17. The summed E-state index contributed by atoms with van der Waals surface area (Å²) in [5.41, 5.74) is 9.26. The van der Waals surface area contributed by atoms with E-state index in [1.807, 2.05) is 49.4 Å². The number of hydrogen-bond acceptors (Lipinski definition) is 4. The van der Waals surface area contributed by atoms with Crippen LogP contribution in [0, 0.1) is 11.2 Å². The topological polar surface area (TPSA) is 71.1 Å². The van der Waals surface area contributed by atoms with Gasteiger partial charge in [0.25, 0.3) is 0 Å². The Hall–Kier alpha value is -3.18. The van der Waals surface area contributed by atoms with Crippen molar-refractivity contribution >= 4 is 17.6 Å². The highest BCUT2D eigenvalue weighted by Crippen LogP contribution is 2.29. The van der Waals surface area contributed by atoms with Crippen LogP contribution >= 0.6 is 0 Å². The standard InChI is InChI=1S/C22H22FN3O.CH4/c1-15(25)22(16-5-3-2-4-6-16)27-20-11-12-21(17(13-20)14-24)26-19-9-7-18(23)8-10-19;/h2-15,22,24,26H,25H2,1H3;1H4/t15?,22-;/m0./s1. The van der Waals surface area contributed by atoms with Gasteiger partial charge in [-0.05, 0) is 55.0 Å². The fourth-order valence-corrected chi connectivity index (χ4v) is 2.80. The smallest absolute Gasteiger partial charge is 0.138 e. The molecule has 28 heavy (non-hydrogen) atoms. The lowest BCUT2D eigenvalue weighted by Gasteiger charge is -2.23. The molecule has 0 bridgehead atoms. The van der Waals surface area contributed by atoms with E-state index in [1.165, 1.54) is 18.3 Å². The molecule has 4 N–H and O–H groups in total. The van der Waals surface area contributed by atoms with E-state index in [0.717, 1.165) is 16.9 Å². The van der Waals surface area contributed by atoms with Gasteiger partial charge in [0.1, 0.15) is 17.7 Å². The predicted octanol–water partition coefficient (Wildman–Crippen LogP) is 5.67. The van der Waals surface area contributed by atoms with Crippen molar-refractivity contribution in [2.45, 2.75) is 26.5 Å².